The van der Waals surface area contributed by atoms with E-state index in [1.54, 1.807) is 12.4 Å². The summed E-state index contributed by atoms with van der Waals surface area (Å²) in [6.45, 7) is 6.25. The van der Waals surface area contributed by atoms with Gasteiger partial charge in [-0.3, -0.25) is 14.5 Å². The van der Waals surface area contributed by atoms with E-state index in [4.69, 9.17) is 4.74 Å². The maximum atomic E-state index is 13.6. The van der Waals surface area contributed by atoms with Crippen molar-refractivity contribution in [3.8, 4) is 0 Å². The summed E-state index contributed by atoms with van der Waals surface area (Å²) in [5.74, 6) is 4.51. The first-order valence-corrected chi connectivity index (χ1v) is 13.7. The number of nitrogens with zero attached hydrogens (tertiary/aromatic N) is 3. The van der Waals surface area contributed by atoms with Crippen LogP contribution in [0.2, 0.25) is 0 Å². The lowest BCUT2D eigenvalue weighted by Gasteiger charge is -2.61. The Labute approximate surface area is 204 Å². The van der Waals surface area contributed by atoms with Crippen LogP contribution in [0, 0.1) is 46.3 Å². The highest BCUT2D eigenvalue weighted by molar-refractivity contribution is 5.83. The lowest BCUT2D eigenvalue weighted by Crippen LogP contribution is -2.56. The molecule has 5 nitrogen and oxygen atoms in total. The normalized spacial score (nSPS) is 41.6. The number of hydrogen-bond donors (Lipinski definition) is 0. The molecule has 0 spiro atoms. The molecule has 2 heterocycles. The van der Waals surface area contributed by atoms with E-state index in [0.29, 0.717) is 23.7 Å². The molecule has 184 valence electrons. The van der Waals surface area contributed by atoms with Crippen molar-refractivity contribution in [1.29, 1.82) is 0 Å². The summed E-state index contributed by atoms with van der Waals surface area (Å²) < 4.78 is 7.79. The highest BCUT2D eigenvalue weighted by atomic mass is 16.5. The maximum Gasteiger partial charge on any atom is 0.157 e. The number of ketones is 1. The molecule has 4 aliphatic carbocycles. The molecule has 0 N–H and O–H groups in total. The number of Topliss-reactive ketones (excluding diaryl/α,β-unsaturated/α-hetero) is 1. The van der Waals surface area contributed by atoms with Gasteiger partial charge in [-0.05, 0) is 97.9 Å². The van der Waals surface area contributed by atoms with E-state index in [0.717, 1.165) is 47.6 Å². The monoisotopic (exact) mass is 463 g/mol. The van der Waals surface area contributed by atoms with Gasteiger partial charge >= 0.3 is 0 Å². The Bertz CT molecular complexity index is 1030. The molecular weight excluding hydrogens is 422 g/mol. The van der Waals surface area contributed by atoms with E-state index >= 15 is 0 Å². The van der Waals surface area contributed by atoms with Crippen LogP contribution < -0.4 is 0 Å². The Kier molecular flexibility index (Phi) is 5.63. The van der Waals surface area contributed by atoms with Crippen LogP contribution in [-0.2, 0) is 16.1 Å². The topological polar surface area (TPSA) is 57.0 Å². The summed E-state index contributed by atoms with van der Waals surface area (Å²) in [6, 6.07) is 1.97. The Morgan fingerprint density at radius 2 is 2.03 bits per heavy atom. The molecule has 0 aromatic carbocycles. The largest absolute Gasteiger partial charge is 0.384 e. The minimum atomic E-state index is 0.148. The minimum absolute atomic E-state index is 0.148. The summed E-state index contributed by atoms with van der Waals surface area (Å²) >= 11 is 0. The molecule has 0 bridgehead atoms. The predicted molar refractivity (Wildman–Crippen MR) is 133 cm³/mol. The molecular formula is C29H41N3O2. The molecule has 8 unspecified atom stereocenters. The fourth-order valence-electron chi connectivity index (χ4n) is 9.61. The standard InChI is InChI=1S/C29H41N3O2/c1-19-8-12-29(18-34-3)21(14-19)4-5-22-23-6-7-25(28(23,2)11-9-24(22)29)27(33)17-32-16-20-10-13-30-15-26(20)31-32/h10,13,15-16,19,21-25H,4-9,11-12,14,17-18H2,1-3H3. The third-order valence-corrected chi connectivity index (χ3v) is 11.1. The van der Waals surface area contributed by atoms with Crippen LogP contribution in [0.25, 0.3) is 10.9 Å². The van der Waals surface area contributed by atoms with Crippen LogP contribution in [0.5, 0.6) is 0 Å². The number of fused-ring (bicyclic) bond motifs is 6. The Morgan fingerprint density at radius 3 is 2.85 bits per heavy atom. The number of hydrogen-bond acceptors (Lipinski definition) is 4. The molecule has 0 aliphatic heterocycles. The number of rotatable bonds is 5. The van der Waals surface area contributed by atoms with Crippen molar-refractivity contribution < 1.29 is 9.53 Å². The zero-order chi connectivity index (χ0) is 23.5. The molecule has 0 saturated heterocycles. The number of ether oxygens (including phenoxy) is 1. The second-order valence-corrected chi connectivity index (χ2v) is 12.6. The molecule has 2 aromatic heterocycles. The van der Waals surface area contributed by atoms with Crippen molar-refractivity contribution in [3.63, 3.8) is 0 Å². The van der Waals surface area contributed by atoms with Crippen LogP contribution in [0.3, 0.4) is 0 Å². The first-order valence-electron chi connectivity index (χ1n) is 13.7. The van der Waals surface area contributed by atoms with Crippen molar-refractivity contribution in [2.45, 2.75) is 78.2 Å². The van der Waals surface area contributed by atoms with Gasteiger partial charge in [0, 0.05) is 30.8 Å². The second kappa shape index (κ2) is 8.43. The van der Waals surface area contributed by atoms with Crippen LogP contribution in [-0.4, -0.2) is 34.3 Å². The first kappa shape index (κ1) is 22.7. The summed E-state index contributed by atoms with van der Waals surface area (Å²) in [7, 11) is 1.92. The summed E-state index contributed by atoms with van der Waals surface area (Å²) in [4.78, 5) is 17.8. The van der Waals surface area contributed by atoms with Gasteiger partial charge in [0.15, 0.2) is 5.78 Å². The summed E-state index contributed by atoms with van der Waals surface area (Å²) in [6.07, 6.45) is 17.2. The molecule has 0 amide bonds. The van der Waals surface area contributed by atoms with Crippen LogP contribution in [0.1, 0.15) is 71.6 Å². The molecule has 8 atom stereocenters. The Morgan fingerprint density at radius 1 is 1.15 bits per heavy atom. The van der Waals surface area contributed by atoms with E-state index in [1.165, 1.54) is 51.4 Å². The number of pyridine rings is 1. The van der Waals surface area contributed by atoms with Crippen molar-refractivity contribution in [3.05, 3.63) is 24.7 Å². The Hall–Kier alpha value is -1.75. The van der Waals surface area contributed by atoms with Crippen LogP contribution in [0.15, 0.2) is 24.7 Å². The van der Waals surface area contributed by atoms with Gasteiger partial charge in [0.05, 0.1) is 19.3 Å². The van der Waals surface area contributed by atoms with Crippen molar-refractivity contribution in [2.24, 2.45) is 46.3 Å². The minimum Gasteiger partial charge on any atom is -0.384 e. The lowest BCUT2D eigenvalue weighted by molar-refractivity contribution is -0.154. The van der Waals surface area contributed by atoms with E-state index in [-0.39, 0.29) is 11.3 Å². The second-order valence-electron chi connectivity index (χ2n) is 12.6. The summed E-state index contributed by atoms with van der Waals surface area (Å²) in [5.41, 5.74) is 1.40. The van der Waals surface area contributed by atoms with E-state index < -0.39 is 0 Å². The Balaban J connectivity index is 1.23. The third-order valence-electron chi connectivity index (χ3n) is 11.1. The van der Waals surface area contributed by atoms with Crippen molar-refractivity contribution in [1.82, 2.24) is 14.8 Å². The number of carbonyl (C=O) groups is 1. The van der Waals surface area contributed by atoms with Gasteiger partial charge in [0.25, 0.3) is 0 Å². The molecule has 4 aliphatic rings. The van der Waals surface area contributed by atoms with Crippen LogP contribution in [0.4, 0.5) is 0 Å². The molecule has 0 radical (unpaired) electrons. The van der Waals surface area contributed by atoms with E-state index in [2.05, 4.69) is 23.9 Å². The highest BCUT2D eigenvalue weighted by Gasteiger charge is 2.62. The average molecular weight is 464 g/mol. The molecule has 4 fully saturated rings. The van der Waals surface area contributed by atoms with Crippen molar-refractivity contribution >= 4 is 16.7 Å². The van der Waals surface area contributed by atoms with E-state index in [9.17, 15) is 4.79 Å². The maximum absolute atomic E-state index is 13.6. The quantitative estimate of drug-likeness (QED) is 0.552. The SMILES string of the molecule is COCC12CCC(C)CC1CCC1C3CCC(C(=O)Cn4cc5ccncc5n4)C3(C)CCC12. The van der Waals surface area contributed by atoms with Gasteiger partial charge in [-0.25, -0.2) is 0 Å². The molecule has 34 heavy (non-hydrogen) atoms. The third kappa shape index (κ3) is 3.40. The molecule has 4 saturated carbocycles. The highest BCUT2D eigenvalue weighted by Crippen LogP contribution is 2.68. The van der Waals surface area contributed by atoms with Gasteiger partial charge < -0.3 is 4.74 Å². The van der Waals surface area contributed by atoms with Gasteiger partial charge in [-0.1, -0.05) is 20.3 Å². The number of methoxy groups -OCH3 is 1. The van der Waals surface area contributed by atoms with Crippen molar-refractivity contribution in [2.75, 3.05) is 13.7 Å². The number of aromatic nitrogens is 3. The number of carbonyl (C=O) groups excluding carboxylic acids is 1. The molecule has 6 rings (SSSR count). The molecule has 5 heteroatoms. The smallest absolute Gasteiger partial charge is 0.157 e. The fourth-order valence-corrected chi connectivity index (χ4v) is 9.61. The van der Waals surface area contributed by atoms with Gasteiger partial charge in [-0.15, -0.1) is 0 Å². The molecule has 2 aromatic rings. The summed E-state index contributed by atoms with van der Waals surface area (Å²) in [5, 5.41) is 5.67. The van der Waals surface area contributed by atoms with Gasteiger partial charge in [-0.2, -0.15) is 5.10 Å². The fraction of sp³-hybridized carbons (Fsp3) is 0.759. The zero-order valence-corrected chi connectivity index (χ0v) is 21.2. The predicted octanol–water partition coefficient (Wildman–Crippen LogP) is 5.92. The van der Waals surface area contributed by atoms with Gasteiger partial charge in [0.2, 0.25) is 0 Å². The average Bonchev–Trinajstić information content (AvgIpc) is 3.39. The van der Waals surface area contributed by atoms with E-state index in [1.807, 2.05) is 24.1 Å². The zero-order valence-electron chi connectivity index (χ0n) is 21.2. The lowest BCUT2D eigenvalue weighted by atomic mass is 9.44. The van der Waals surface area contributed by atoms with Crippen LogP contribution >= 0.6 is 0 Å². The van der Waals surface area contributed by atoms with Gasteiger partial charge in [0.1, 0.15) is 5.52 Å². The first-order chi connectivity index (χ1) is 16.4.